The fourth-order valence-electron chi connectivity index (χ4n) is 2.42. The second-order valence-corrected chi connectivity index (χ2v) is 5.27. The maximum absolute atomic E-state index is 12.0. The van der Waals surface area contributed by atoms with E-state index < -0.39 is 12.1 Å². The number of benzene rings is 1. The van der Waals surface area contributed by atoms with Crippen LogP contribution in [0.25, 0.3) is 0 Å². The molecule has 21 heavy (non-hydrogen) atoms. The topological polar surface area (TPSA) is 64.6 Å². The molecule has 1 atom stereocenters. The van der Waals surface area contributed by atoms with Gasteiger partial charge in [0.25, 0.3) is 5.91 Å². The van der Waals surface area contributed by atoms with Gasteiger partial charge in [-0.1, -0.05) is 18.9 Å². The Hall–Kier alpha value is -2.04. The molecule has 1 amide bonds. The molecule has 1 fully saturated rings. The Balaban J connectivity index is 1.89. The summed E-state index contributed by atoms with van der Waals surface area (Å²) in [5, 5.41) is 2.92. The number of hydrogen-bond acceptors (Lipinski definition) is 4. The largest absolute Gasteiger partial charge is 0.497 e. The lowest BCUT2D eigenvalue weighted by Crippen LogP contribution is -2.40. The maximum atomic E-state index is 12.0. The number of esters is 1. The monoisotopic (exact) mass is 291 g/mol. The quantitative estimate of drug-likeness (QED) is 0.845. The van der Waals surface area contributed by atoms with E-state index in [-0.39, 0.29) is 11.9 Å². The van der Waals surface area contributed by atoms with Gasteiger partial charge in [-0.3, -0.25) is 4.79 Å². The average Bonchev–Trinajstić information content (AvgIpc) is 3.00. The van der Waals surface area contributed by atoms with Gasteiger partial charge in [-0.25, -0.2) is 4.79 Å². The van der Waals surface area contributed by atoms with Crippen LogP contribution in [0.1, 0.15) is 43.0 Å². The summed E-state index contributed by atoms with van der Waals surface area (Å²) in [6, 6.07) is 6.89. The SMILES string of the molecule is COc1cccc(C(=O)OC(C)C(=O)NC2CCCC2)c1. The van der Waals surface area contributed by atoms with Crippen LogP contribution < -0.4 is 10.1 Å². The Bertz CT molecular complexity index is 509. The average molecular weight is 291 g/mol. The van der Waals surface area contributed by atoms with Crippen molar-refractivity contribution in [2.75, 3.05) is 7.11 Å². The van der Waals surface area contributed by atoms with Gasteiger partial charge in [-0.05, 0) is 38.0 Å². The molecule has 114 valence electrons. The number of hydrogen-bond donors (Lipinski definition) is 1. The lowest BCUT2D eigenvalue weighted by atomic mass is 10.2. The van der Waals surface area contributed by atoms with Gasteiger partial charge in [0.1, 0.15) is 5.75 Å². The number of carbonyl (C=O) groups excluding carboxylic acids is 2. The van der Waals surface area contributed by atoms with Gasteiger partial charge >= 0.3 is 5.97 Å². The summed E-state index contributed by atoms with van der Waals surface area (Å²) < 4.78 is 10.3. The minimum atomic E-state index is -0.802. The standard InChI is InChI=1S/C16H21NO4/c1-11(15(18)17-13-7-3-4-8-13)21-16(19)12-6-5-9-14(10-12)20-2/h5-6,9-11,13H,3-4,7-8H2,1-2H3,(H,17,18). The molecule has 1 N–H and O–H groups in total. The highest BCUT2D eigenvalue weighted by Crippen LogP contribution is 2.18. The first-order chi connectivity index (χ1) is 10.1. The zero-order chi connectivity index (χ0) is 15.2. The molecule has 0 saturated heterocycles. The van der Waals surface area contributed by atoms with Crippen LogP contribution in [0, 0.1) is 0 Å². The van der Waals surface area contributed by atoms with Crippen LogP contribution in [-0.2, 0) is 9.53 Å². The predicted octanol–water partition coefficient (Wildman–Crippen LogP) is 2.30. The fraction of sp³-hybridized carbons (Fsp3) is 0.500. The van der Waals surface area contributed by atoms with Crippen LogP contribution in [0.4, 0.5) is 0 Å². The van der Waals surface area contributed by atoms with Gasteiger partial charge in [0.15, 0.2) is 6.10 Å². The Morgan fingerprint density at radius 1 is 1.29 bits per heavy atom. The Morgan fingerprint density at radius 2 is 2.00 bits per heavy atom. The van der Waals surface area contributed by atoms with E-state index in [0.29, 0.717) is 11.3 Å². The number of carbonyl (C=O) groups is 2. The number of amides is 1. The molecule has 0 radical (unpaired) electrons. The highest BCUT2D eigenvalue weighted by Gasteiger charge is 2.23. The smallest absolute Gasteiger partial charge is 0.339 e. The van der Waals surface area contributed by atoms with Crippen molar-refractivity contribution < 1.29 is 19.1 Å². The zero-order valence-corrected chi connectivity index (χ0v) is 12.4. The summed E-state index contributed by atoms with van der Waals surface area (Å²) in [4.78, 5) is 24.0. The van der Waals surface area contributed by atoms with E-state index in [0.717, 1.165) is 25.7 Å². The van der Waals surface area contributed by atoms with Crippen molar-refractivity contribution in [3.63, 3.8) is 0 Å². The van der Waals surface area contributed by atoms with Crippen molar-refractivity contribution in [2.45, 2.75) is 44.8 Å². The predicted molar refractivity (Wildman–Crippen MR) is 78.3 cm³/mol. The Labute approximate surface area is 124 Å². The maximum Gasteiger partial charge on any atom is 0.339 e. The van der Waals surface area contributed by atoms with Crippen molar-refractivity contribution in [1.82, 2.24) is 5.32 Å². The molecule has 0 aromatic heterocycles. The number of ether oxygens (including phenoxy) is 2. The molecule has 0 spiro atoms. The molecular formula is C16H21NO4. The first-order valence-corrected chi connectivity index (χ1v) is 7.25. The highest BCUT2D eigenvalue weighted by atomic mass is 16.5. The van der Waals surface area contributed by atoms with E-state index >= 15 is 0 Å². The molecule has 1 saturated carbocycles. The Morgan fingerprint density at radius 3 is 2.67 bits per heavy atom. The lowest BCUT2D eigenvalue weighted by Gasteiger charge is -2.17. The van der Waals surface area contributed by atoms with E-state index in [1.807, 2.05) is 0 Å². The normalized spacial score (nSPS) is 16.3. The first-order valence-electron chi connectivity index (χ1n) is 7.25. The molecule has 1 unspecified atom stereocenters. The van der Waals surface area contributed by atoms with Gasteiger partial charge in [0.2, 0.25) is 0 Å². The molecule has 1 aromatic rings. The Kier molecular flexibility index (Phi) is 5.20. The third-order valence-electron chi connectivity index (χ3n) is 3.66. The van der Waals surface area contributed by atoms with Crippen molar-refractivity contribution in [2.24, 2.45) is 0 Å². The molecule has 1 aromatic carbocycles. The van der Waals surface area contributed by atoms with Crippen molar-refractivity contribution in [3.8, 4) is 5.75 Å². The molecule has 5 nitrogen and oxygen atoms in total. The summed E-state index contributed by atoms with van der Waals surface area (Å²) in [6.45, 7) is 1.59. The number of rotatable bonds is 5. The van der Waals surface area contributed by atoms with Gasteiger partial charge < -0.3 is 14.8 Å². The third kappa shape index (κ3) is 4.21. The lowest BCUT2D eigenvalue weighted by molar-refractivity contribution is -0.129. The van der Waals surface area contributed by atoms with Gasteiger partial charge in [0, 0.05) is 6.04 Å². The summed E-state index contributed by atoms with van der Waals surface area (Å²) >= 11 is 0. The third-order valence-corrected chi connectivity index (χ3v) is 3.66. The highest BCUT2D eigenvalue weighted by molar-refractivity contribution is 5.92. The first kappa shape index (κ1) is 15.4. The van der Waals surface area contributed by atoms with E-state index in [2.05, 4.69) is 5.32 Å². The van der Waals surface area contributed by atoms with Crippen molar-refractivity contribution >= 4 is 11.9 Å². The number of methoxy groups -OCH3 is 1. The summed E-state index contributed by atoms with van der Waals surface area (Å²) in [5.74, 6) is -0.186. The van der Waals surface area contributed by atoms with Crippen molar-refractivity contribution in [3.05, 3.63) is 29.8 Å². The fourth-order valence-corrected chi connectivity index (χ4v) is 2.42. The molecule has 0 aliphatic heterocycles. The molecule has 1 aliphatic carbocycles. The van der Waals surface area contributed by atoms with Crippen LogP contribution in [0.5, 0.6) is 5.75 Å². The van der Waals surface area contributed by atoms with E-state index in [1.54, 1.807) is 31.2 Å². The molecule has 0 bridgehead atoms. The van der Waals surface area contributed by atoms with Crippen LogP contribution in [0.3, 0.4) is 0 Å². The van der Waals surface area contributed by atoms with E-state index in [4.69, 9.17) is 9.47 Å². The summed E-state index contributed by atoms with van der Waals surface area (Å²) in [5.41, 5.74) is 0.370. The van der Waals surface area contributed by atoms with Gasteiger partial charge in [0.05, 0.1) is 12.7 Å². The van der Waals surface area contributed by atoms with Crippen LogP contribution >= 0.6 is 0 Å². The zero-order valence-electron chi connectivity index (χ0n) is 12.4. The minimum absolute atomic E-state index is 0.218. The minimum Gasteiger partial charge on any atom is -0.497 e. The molecule has 1 aliphatic rings. The molecule has 0 heterocycles. The molecular weight excluding hydrogens is 270 g/mol. The summed E-state index contributed by atoms with van der Waals surface area (Å²) in [7, 11) is 1.53. The molecule has 5 heteroatoms. The van der Waals surface area contributed by atoms with E-state index in [9.17, 15) is 9.59 Å². The summed E-state index contributed by atoms with van der Waals surface area (Å²) in [6.07, 6.45) is 3.49. The van der Waals surface area contributed by atoms with Crippen LogP contribution in [0.2, 0.25) is 0 Å². The number of nitrogens with one attached hydrogen (secondary N) is 1. The molecule has 2 rings (SSSR count). The van der Waals surface area contributed by atoms with Crippen molar-refractivity contribution in [1.29, 1.82) is 0 Å². The van der Waals surface area contributed by atoms with Crippen LogP contribution in [-0.4, -0.2) is 31.1 Å². The van der Waals surface area contributed by atoms with Gasteiger partial charge in [-0.2, -0.15) is 0 Å². The van der Waals surface area contributed by atoms with Crippen LogP contribution in [0.15, 0.2) is 24.3 Å². The second kappa shape index (κ2) is 7.11. The van der Waals surface area contributed by atoms with E-state index in [1.165, 1.54) is 7.11 Å². The van der Waals surface area contributed by atoms with Gasteiger partial charge in [-0.15, -0.1) is 0 Å². The second-order valence-electron chi connectivity index (χ2n) is 5.27.